The third-order valence-corrected chi connectivity index (χ3v) is 9.94. The number of halogens is 3. The fourth-order valence-corrected chi connectivity index (χ4v) is 7.14. The molecule has 6 nitrogen and oxygen atoms in total. The first-order valence-corrected chi connectivity index (χ1v) is 16.5. The summed E-state index contributed by atoms with van der Waals surface area (Å²) in [4.78, 5) is 16.7. The zero-order valence-electron chi connectivity index (χ0n) is 26.3. The molecule has 0 radical (unpaired) electrons. The molecular formula is C37H41ClF2N2O4. The predicted octanol–water partition coefficient (Wildman–Crippen LogP) is 7.02. The van der Waals surface area contributed by atoms with Gasteiger partial charge in [0.15, 0.2) is 0 Å². The number of piperidine rings is 1. The maximum atomic E-state index is 14.6. The lowest BCUT2D eigenvalue weighted by Gasteiger charge is -2.43. The summed E-state index contributed by atoms with van der Waals surface area (Å²) in [5, 5.41) is 13.6. The van der Waals surface area contributed by atoms with Gasteiger partial charge in [0.2, 0.25) is 0 Å². The van der Waals surface area contributed by atoms with Crippen LogP contribution in [-0.4, -0.2) is 54.4 Å². The van der Waals surface area contributed by atoms with Gasteiger partial charge in [0, 0.05) is 49.0 Å². The first-order chi connectivity index (χ1) is 22.2. The van der Waals surface area contributed by atoms with E-state index in [2.05, 4.69) is 35.6 Å². The van der Waals surface area contributed by atoms with E-state index in [0.717, 1.165) is 83.4 Å². The summed E-state index contributed by atoms with van der Waals surface area (Å²) in [6.07, 6.45) is 5.67. The number of rotatable bonds is 12. The number of hydrogen-bond acceptors (Lipinski definition) is 5. The van der Waals surface area contributed by atoms with E-state index in [-0.39, 0.29) is 53.9 Å². The number of aliphatic hydroxyl groups is 1. The van der Waals surface area contributed by atoms with Crippen LogP contribution in [0.1, 0.15) is 60.8 Å². The molecule has 9 heteroatoms. The Labute approximate surface area is 274 Å². The molecule has 2 bridgehead atoms. The van der Waals surface area contributed by atoms with E-state index >= 15 is 0 Å². The number of nitrogens with one attached hydrogen (secondary N) is 1. The summed E-state index contributed by atoms with van der Waals surface area (Å²) in [7, 11) is 1.67. The molecule has 1 saturated carbocycles. The molecule has 3 atom stereocenters. The van der Waals surface area contributed by atoms with Crippen LogP contribution < -0.4 is 14.8 Å². The number of carbonyl (C=O) groups is 1. The fourth-order valence-electron chi connectivity index (χ4n) is 6.98. The Morgan fingerprint density at radius 2 is 1.87 bits per heavy atom. The molecule has 6 rings (SSSR count). The van der Waals surface area contributed by atoms with Gasteiger partial charge >= 0.3 is 0 Å². The van der Waals surface area contributed by atoms with Gasteiger partial charge in [-0.3, -0.25) is 4.79 Å². The van der Waals surface area contributed by atoms with Crippen molar-refractivity contribution >= 4 is 23.1 Å². The number of amides is 1. The lowest BCUT2D eigenvalue weighted by atomic mass is 9.75. The summed E-state index contributed by atoms with van der Waals surface area (Å²) in [6, 6.07) is 16.5. The predicted molar refractivity (Wildman–Crippen MR) is 175 cm³/mol. The molecule has 2 fully saturated rings. The van der Waals surface area contributed by atoms with E-state index in [0.29, 0.717) is 19.4 Å². The highest BCUT2D eigenvalue weighted by Gasteiger charge is 2.43. The zero-order valence-corrected chi connectivity index (χ0v) is 27.1. The van der Waals surface area contributed by atoms with Gasteiger partial charge in [-0.15, -0.1) is 0 Å². The van der Waals surface area contributed by atoms with Crippen molar-refractivity contribution in [1.29, 1.82) is 0 Å². The van der Waals surface area contributed by atoms with Gasteiger partial charge in [-0.1, -0.05) is 48.0 Å². The SMILES string of the molecule is COc1cccc(CN(C(=O)C2=C(c3ccc(CCCOc4cc(F)cc(F)c4Cl)cc3)CC3CC(CO)CC2N3)C2CC2)c1C. The van der Waals surface area contributed by atoms with E-state index in [1.165, 1.54) is 0 Å². The van der Waals surface area contributed by atoms with E-state index in [9.17, 15) is 18.7 Å². The lowest BCUT2D eigenvalue weighted by Crippen LogP contribution is -2.53. The third-order valence-electron chi connectivity index (χ3n) is 9.57. The maximum absolute atomic E-state index is 14.6. The average molecular weight is 651 g/mol. The smallest absolute Gasteiger partial charge is 0.252 e. The Balaban J connectivity index is 1.22. The number of aliphatic hydroxyl groups excluding tert-OH is 1. The largest absolute Gasteiger partial charge is 0.496 e. The van der Waals surface area contributed by atoms with Crippen LogP contribution in [0.25, 0.3) is 5.57 Å². The van der Waals surface area contributed by atoms with E-state index < -0.39 is 11.6 Å². The molecule has 1 aliphatic carbocycles. The van der Waals surface area contributed by atoms with Crippen molar-refractivity contribution in [2.24, 2.45) is 5.92 Å². The van der Waals surface area contributed by atoms with Crippen molar-refractivity contribution in [2.75, 3.05) is 20.3 Å². The molecule has 3 aromatic rings. The number of methoxy groups -OCH3 is 1. The Bertz CT molecular complexity index is 1610. The van der Waals surface area contributed by atoms with Crippen molar-refractivity contribution in [2.45, 2.75) is 76.5 Å². The van der Waals surface area contributed by atoms with Gasteiger partial charge < -0.3 is 24.8 Å². The van der Waals surface area contributed by atoms with Crippen molar-refractivity contribution < 1.29 is 28.2 Å². The van der Waals surface area contributed by atoms with Gasteiger partial charge in [0.1, 0.15) is 28.2 Å². The molecule has 0 spiro atoms. The second-order valence-electron chi connectivity index (χ2n) is 12.8. The number of ether oxygens (including phenoxy) is 2. The van der Waals surface area contributed by atoms with Crippen molar-refractivity contribution in [1.82, 2.24) is 10.2 Å². The molecule has 2 N–H and O–H groups in total. The molecule has 0 aromatic heterocycles. The molecule has 2 heterocycles. The molecular weight excluding hydrogens is 610 g/mol. The Morgan fingerprint density at radius 1 is 1.09 bits per heavy atom. The topological polar surface area (TPSA) is 71.0 Å². The van der Waals surface area contributed by atoms with Gasteiger partial charge in [-0.25, -0.2) is 8.78 Å². The van der Waals surface area contributed by atoms with Crippen molar-refractivity contribution in [3.8, 4) is 11.5 Å². The summed E-state index contributed by atoms with van der Waals surface area (Å²) in [5.74, 6) is -0.519. The van der Waals surface area contributed by atoms with E-state index in [4.69, 9.17) is 21.1 Å². The van der Waals surface area contributed by atoms with Gasteiger partial charge in [-0.2, -0.15) is 0 Å². The van der Waals surface area contributed by atoms with Gasteiger partial charge in [0.05, 0.1) is 13.7 Å². The van der Waals surface area contributed by atoms with Gasteiger partial charge in [0.25, 0.3) is 5.91 Å². The second-order valence-corrected chi connectivity index (χ2v) is 13.2. The summed E-state index contributed by atoms with van der Waals surface area (Å²) in [6.45, 7) is 2.95. The molecule has 2 aliphatic heterocycles. The lowest BCUT2D eigenvalue weighted by molar-refractivity contribution is -0.128. The van der Waals surface area contributed by atoms with Crippen LogP contribution in [0.2, 0.25) is 5.02 Å². The van der Waals surface area contributed by atoms with Crippen LogP contribution in [0.4, 0.5) is 8.78 Å². The molecule has 244 valence electrons. The Hall–Kier alpha value is -3.46. The zero-order chi connectivity index (χ0) is 32.4. The molecule has 3 aromatic carbocycles. The van der Waals surface area contributed by atoms with E-state index in [1.807, 2.05) is 24.0 Å². The number of hydrogen-bond donors (Lipinski definition) is 2. The highest BCUT2D eigenvalue weighted by molar-refractivity contribution is 6.32. The minimum atomic E-state index is -0.844. The van der Waals surface area contributed by atoms with Crippen LogP contribution in [0.15, 0.2) is 60.2 Å². The summed E-state index contributed by atoms with van der Waals surface area (Å²) >= 11 is 5.92. The first kappa shape index (κ1) is 32.5. The molecule has 1 amide bonds. The van der Waals surface area contributed by atoms with Gasteiger partial charge in [-0.05, 0) is 91.7 Å². The first-order valence-electron chi connectivity index (χ1n) is 16.2. The Morgan fingerprint density at radius 3 is 2.59 bits per heavy atom. The third kappa shape index (κ3) is 7.09. The molecule has 3 unspecified atom stereocenters. The highest BCUT2D eigenvalue weighted by Crippen LogP contribution is 2.41. The van der Waals surface area contributed by atoms with E-state index in [1.54, 1.807) is 7.11 Å². The Kier molecular flexibility index (Phi) is 9.97. The number of nitrogens with zero attached hydrogens (tertiary/aromatic N) is 1. The van der Waals surface area contributed by atoms with Crippen molar-refractivity contribution in [3.05, 3.63) is 99.1 Å². The second kappa shape index (κ2) is 14.1. The quantitative estimate of drug-likeness (QED) is 0.163. The number of benzene rings is 3. The minimum Gasteiger partial charge on any atom is -0.496 e. The van der Waals surface area contributed by atoms with Crippen LogP contribution in [0.5, 0.6) is 11.5 Å². The average Bonchev–Trinajstić information content (AvgIpc) is 3.90. The molecule has 3 aliphatic rings. The minimum absolute atomic E-state index is 0.000320. The number of aryl methyl sites for hydroxylation is 1. The monoisotopic (exact) mass is 650 g/mol. The normalized spacial score (nSPS) is 20.9. The number of fused-ring (bicyclic) bond motifs is 2. The van der Waals surface area contributed by atoms with Crippen LogP contribution in [0.3, 0.4) is 0 Å². The fraction of sp³-hybridized carbons (Fsp3) is 0.432. The summed E-state index contributed by atoms with van der Waals surface area (Å²) in [5.41, 5.74) is 6.17. The molecule has 46 heavy (non-hydrogen) atoms. The summed E-state index contributed by atoms with van der Waals surface area (Å²) < 4.78 is 38.4. The van der Waals surface area contributed by atoms with Crippen molar-refractivity contribution in [3.63, 3.8) is 0 Å². The maximum Gasteiger partial charge on any atom is 0.252 e. The highest BCUT2D eigenvalue weighted by atomic mass is 35.5. The number of carbonyl (C=O) groups excluding carboxylic acids is 1. The van der Waals surface area contributed by atoms with Crippen LogP contribution in [0, 0.1) is 24.5 Å². The standard InChI is InChI=1S/C37H41ClF2N2O4/c1-22-26(6-3-7-33(22)45-2)20-42(29-12-13-29)37(44)35-30(19-28-15-24(21-43)16-32(35)41-28)25-10-8-23(9-11-25)5-4-14-46-34-18-27(39)17-31(40)36(34)38/h3,6-11,17-18,24,28-29,32,41,43H,4-5,12-16,19-21H2,1-2H3. The molecule has 1 saturated heterocycles. The van der Waals surface area contributed by atoms with Crippen LogP contribution in [-0.2, 0) is 17.8 Å². The van der Waals surface area contributed by atoms with Crippen LogP contribution >= 0.6 is 11.6 Å².